The second-order valence-corrected chi connectivity index (χ2v) is 6.29. The third-order valence-electron chi connectivity index (χ3n) is 4.12. The van der Waals surface area contributed by atoms with Crippen molar-refractivity contribution >= 4 is 0 Å². The molecular formula is C16H24FN. The molecule has 18 heavy (non-hydrogen) atoms. The first-order chi connectivity index (χ1) is 8.45. The minimum Gasteiger partial charge on any atom is -0.330 e. The maximum absolute atomic E-state index is 13.7. The van der Waals surface area contributed by atoms with E-state index in [-0.39, 0.29) is 5.41 Å². The van der Waals surface area contributed by atoms with Crippen LogP contribution in [0.15, 0.2) is 24.3 Å². The van der Waals surface area contributed by atoms with E-state index in [1.165, 1.54) is 31.2 Å². The van der Waals surface area contributed by atoms with Crippen LogP contribution in [0.25, 0.3) is 0 Å². The van der Waals surface area contributed by atoms with Crippen LogP contribution in [0.2, 0.25) is 0 Å². The van der Waals surface area contributed by atoms with Crippen LogP contribution in [0.3, 0.4) is 0 Å². The van der Waals surface area contributed by atoms with Crippen molar-refractivity contribution in [2.24, 2.45) is 5.73 Å². The molecular weight excluding hydrogens is 225 g/mol. The first-order valence-corrected chi connectivity index (χ1v) is 6.94. The number of benzene rings is 1. The molecule has 2 heteroatoms. The van der Waals surface area contributed by atoms with E-state index in [1.807, 2.05) is 12.1 Å². The molecule has 1 aromatic carbocycles. The van der Waals surface area contributed by atoms with Crippen LogP contribution < -0.4 is 5.73 Å². The SMILES string of the molecule is CC(C)(F)Cc1cccc(C2(CN)CCCC2)c1. The van der Waals surface area contributed by atoms with Crippen molar-refractivity contribution in [3.8, 4) is 0 Å². The molecule has 0 unspecified atom stereocenters. The topological polar surface area (TPSA) is 26.0 Å². The van der Waals surface area contributed by atoms with Crippen molar-refractivity contribution in [3.05, 3.63) is 35.4 Å². The third kappa shape index (κ3) is 2.92. The summed E-state index contributed by atoms with van der Waals surface area (Å²) in [5, 5.41) is 0. The normalized spacial score (nSPS) is 19.1. The minimum absolute atomic E-state index is 0.149. The Morgan fingerprint density at radius 1 is 1.28 bits per heavy atom. The third-order valence-corrected chi connectivity index (χ3v) is 4.12. The molecule has 1 aliphatic carbocycles. The molecule has 0 amide bonds. The summed E-state index contributed by atoms with van der Waals surface area (Å²) in [6, 6.07) is 8.39. The number of rotatable bonds is 4. The quantitative estimate of drug-likeness (QED) is 0.864. The van der Waals surface area contributed by atoms with Gasteiger partial charge in [-0.1, -0.05) is 37.1 Å². The molecule has 0 atom stereocenters. The minimum atomic E-state index is -1.15. The van der Waals surface area contributed by atoms with Crippen LogP contribution in [0.5, 0.6) is 0 Å². The van der Waals surface area contributed by atoms with Crippen molar-refractivity contribution in [2.75, 3.05) is 6.54 Å². The van der Waals surface area contributed by atoms with Gasteiger partial charge in [-0.3, -0.25) is 0 Å². The Labute approximate surface area is 110 Å². The first-order valence-electron chi connectivity index (χ1n) is 6.94. The largest absolute Gasteiger partial charge is 0.330 e. The Morgan fingerprint density at radius 3 is 2.50 bits per heavy atom. The fraction of sp³-hybridized carbons (Fsp3) is 0.625. The van der Waals surface area contributed by atoms with Gasteiger partial charge in [0, 0.05) is 18.4 Å². The van der Waals surface area contributed by atoms with Crippen molar-refractivity contribution in [1.29, 1.82) is 0 Å². The van der Waals surface area contributed by atoms with Gasteiger partial charge in [0.05, 0.1) is 0 Å². The van der Waals surface area contributed by atoms with E-state index < -0.39 is 5.67 Å². The second kappa shape index (κ2) is 5.00. The molecule has 0 saturated heterocycles. The summed E-state index contributed by atoms with van der Waals surface area (Å²) >= 11 is 0. The van der Waals surface area contributed by atoms with Crippen molar-refractivity contribution in [1.82, 2.24) is 0 Å². The highest BCUT2D eigenvalue weighted by Gasteiger charge is 2.34. The van der Waals surface area contributed by atoms with Crippen LogP contribution >= 0.6 is 0 Å². The van der Waals surface area contributed by atoms with Gasteiger partial charge in [0.1, 0.15) is 5.67 Å². The first kappa shape index (κ1) is 13.5. The lowest BCUT2D eigenvalue weighted by molar-refractivity contribution is 0.217. The molecule has 2 N–H and O–H groups in total. The summed E-state index contributed by atoms with van der Waals surface area (Å²) in [6.07, 6.45) is 5.34. The molecule has 1 fully saturated rings. The molecule has 0 spiro atoms. The molecule has 1 aromatic rings. The van der Waals surface area contributed by atoms with Gasteiger partial charge in [0.2, 0.25) is 0 Å². The van der Waals surface area contributed by atoms with E-state index in [0.29, 0.717) is 13.0 Å². The monoisotopic (exact) mass is 249 g/mol. The Balaban J connectivity index is 2.26. The molecule has 0 aromatic heterocycles. The fourth-order valence-corrected chi connectivity index (χ4v) is 3.16. The highest BCUT2D eigenvalue weighted by molar-refractivity contribution is 5.32. The number of nitrogens with two attached hydrogens (primary N) is 1. The molecule has 0 radical (unpaired) electrons. The number of hydrogen-bond donors (Lipinski definition) is 1. The van der Waals surface area contributed by atoms with E-state index in [1.54, 1.807) is 13.8 Å². The molecule has 2 rings (SSSR count). The lowest BCUT2D eigenvalue weighted by atomic mass is 9.78. The van der Waals surface area contributed by atoms with Gasteiger partial charge < -0.3 is 5.73 Å². The molecule has 1 saturated carbocycles. The van der Waals surface area contributed by atoms with E-state index >= 15 is 0 Å². The Hall–Kier alpha value is -0.890. The molecule has 1 nitrogen and oxygen atoms in total. The van der Waals surface area contributed by atoms with Crippen LogP contribution in [0.1, 0.15) is 50.7 Å². The number of hydrogen-bond acceptors (Lipinski definition) is 1. The second-order valence-electron chi connectivity index (χ2n) is 6.29. The van der Waals surface area contributed by atoms with E-state index in [2.05, 4.69) is 12.1 Å². The summed E-state index contributed by atoms with van der Waals surface area (Å²) in [4.78, 5) is 0. The van der Waals surface area contributed by atoms with Crippen LogP contribution in [-0.4, -0.2) is 12.2 Å². The lowest BCUT2D eigenvalue weighted by Gasteiger charge is -2.28. The van der Waals surface area contributed by atoms with Crippen molar-refractivity contribution in [2.45, 2.75) is 57.0 Å². The molecule has 0 bridgehead atoms. The molecule has 100 valence electrons. The molecule has 0 heterocycles. The van der Waals surface area contributed by atoms with Crippen molar-refractivity contribution < 1.29 is 4.39 Å². The van der Waals surface area contributed by atoms with Crippen molar-refractivity contribution in [3.63, 3.8) is 0 Å². The summed E-state index contributed by atoms with van der Waals surface area (Å²) in [7, 11) is 0. The Bertz CT molecular complexity index is 400. The zero-order valence-corrected chi connectivity index (χ0v) is 11.5. The zero-order valence-electron chi connectivity index (χ0n) is 11.5. The average Bonchev–Trinajstić information content (AvgIpc) is 2.77. The number of halogens is 1. The summed E-state index contributed by atoms with van der Waals surface area (Å²) < 4.78 is 13.7. The summed E-state index contributed by atoms with van der Waals surface area (Å²) in [5.74, 6) is 0. The maximum atomic E-state index is 13.7. The molecule has 1 aliphatic rings. The zero-order chi connectivity index (χ0) is 13.2. The van der Waals surface area contributed by atoms with E-state index in [0.717, 1.165) is 5.56 Å². The molecule has 0 aliphatic heterocycles. The predicted octanol–water partition coefficient (Wildman–Crippen LogP) is 3.75. The Morgan fingerprint density at radius 2 is 1.94 bits per heavy atom. The van der Waals surface area contributed by atoms with Gasteiger partial charge in [-0.25, -0.2) is 4.39 Å². The van der Waals surface area contributed by atoms with Crippen LogP contribution in [-0.2, 0) is 11.8 Å². The lowest BCUT2D eigenvalue weighted by Crippen LogP contribution is -2.32. The highest BCUT2D eigenvalue weighted by Crippen LogP contribution is 2.40. The summed E-state index contributed by atoms with van der Waals surface area (Å²) in [6.45, 7) is 3.97. The van der Waals surface area contributed by atoms with E-state index in [9.17, 15) is 4.39 Å². The Kier molecular flexibility index (Phi) is 3.76. The summed E-state index contributed by atoms with van der Waals surface area (Å²) in [5.41, 5.74) is 7.40. The maximum Gasteiger partial charge on any atom is 0.109 e. The smallest absolute Gasteiger partial charge is 0.109 e. The fourth-order valence-electron chi connectivity index (χ4n) is 3.16. The van der Waals surface area contributed by atoms with Crippen LogP contribution in [0, 0.1) is 0 Å². The highest BCUT2D eigenvalue weighted by atomic mass is 19.1. The van der Waals surface area contributed by atoms with Gasteiger partial charge in [-0.05, 0) is 37.8 Å². The predicted molar refractivity (Wildman–Crippen MR) is 74.5 cm³/mol. The van der Waals surface area contributed by atoms with Gasteiger partial charge in [-0.2, -0.15) is 0 Å². The standard InChI is InChI=1S/C16H24FN/c1-15(2,17)11-13-6-5-7-14(10-13)16(12-18)8-3-4-9-16/h5-7,10H,3-4,8-9,11-12,18H2,1-2H3. The van der Waals surface area contributed by atoms with Gasteiger partial charge in [-0.15, -0.1) is 0 Å². The number of alkyl halides is 1. The van der Waals surface area contributed by atoms with Gasteiger partial charge >= 0.3 is 0 Å². The van der Waals surface area contributed by atoms with Gasteiger partial charge in [0.25, 0.3) is 0 Å². The van der Waals surface area contributed by atoms with E-state index in [4.69, 9.17) is 5.73 Å². The van der Waals surface area contributed by atoms with Gasteiger partial charge in [0.15, 0.2) is 0 Å². The average molecular weight is 249 g/mol. The van der Waals surface area contributed by atoms with Crippen LogP contribution in [0.4, 0.5) is 4.39 Å².